The summed E-state index contributed by atoms with van der Waals surface area (Å²) in [7, 11) is 1.88. The van der Waals surface area contributed by atoms with Crippen LogP contribution in [0.2, 0.25) is 0 Å². The Hall–Kier alpha value is -0.900. The summed E-state index contributed by atoms with van der Waals surface area (Å²) in [5, 5.41) is 18.5. The standard InChI is InChI=1S/C11H17NO2/c1-12(7-8-13)9-11(14)10-5-3-2-4-6-10/h2-6,11,13-14H,7-9H2,1H3. The van der Waals surface area contributed by atoms with Gasteiger partial charge in [0, 0.05) is 13.1 Å². The molecule has 0 aromatic heterocycles. The van der Waals surface area contributed by atoms with Gasteiger partial charge in [-0.25, -0.2) is 0 Å². The summed E-state index contributed by atoms with van der Waals surface area (Å²) in [6.07, 6.45) is -0.479. The van der Waals surface area contributed by atoms with Crippen LogP contribution in [0.25, 0.3) is 0 Å². The highest BCUT2D eigenvalue weighted by Gasteiger charge is 2.09. The summed E-state index contributed by atoms with van der Waals surface area (Å²) in [6, 6.07) is 9.54. The van der Waals surface area contributed by atoms with Crippen LogP contribution in [0, 0.1) is 0 Å². The van der Waals surface area contributed by atoms with Crippen LogP contribution < -0.4 is 0 Å². The first kappa shape index (κ1) is 11.2. The average molecular weight is 195 g/mol. The lowest BCUT2D eigenvalue weighted by Crippen LogP contribution is -2.27. The Bertz CT molecular complexity index is 251. The molecule has 0 aliphatic carbocycles. The van der Waals surface area contributed by atoms with Crippen molar-refractivity contribution in [3.05, 3.63) is 35.9 Å². The fourth-order valence-corrected chi connectivity index (χ4v) is 1.34. The van der Waals surface area contributed by atoms with E-state index >= 15 is 0 Å². The molecule has 0 amide bonds. The number of hydrogen-bond donors (Lipinski definition) is 2. The number of hydrogen-bond acceptors (Lipinski definition) is 3. The van der Waals surface area contributed by atoms with Crippen molar-refractivity contribution in [1.82, 2.24) is 4.90 Å². The molecule has 0 bridgehead atoms. The minimum absolute atomic E-state index is 0.123. The van der Waals surface area contributed by atoms with Crippen molar-refractivity contribution in [2.75, 3.05) is 26.7 Å². The van der Waals surface area contributed by atoms with E-state index in [1.165, 1.54) is 0 Å². The first-order chi connectivity index (χ1) is 6.74. The molecule has 1 aromatic carbocycles. The second kappa shape index (κ2) is 5.75. The van der Waals surface area contributed by atoms with Crippen molar-refractivity contribution in [2.24, 2.45) is 0 Å². The molecule has 1 atom stereocenters. The van der Waals surface area contributed by atoms with Gasteiger partial charge in [-0.3, -0.25) is 0 Å². The third-order valence-electron chi connectivity index (χ3n) is 2.15. The van der Waals surface area contributed by atoms with Crippen LogP contribution in [0.1, 0.15) is 11.7 Å². The fraction of sp³-hybridized carbons (Fsp3) is 0.455. The van der Waals surface area contributed by atoms with E-state index in [1.54, 1.807) is 0 Å². The summed E-state index contributed by atoms with van der Waals surface area (Å²) in [6.45, 7) is 1.26. The zero-order chi connectivity index (χ0) is 10.4. The lowest BCUT2D eigenvalue weighted by Gasteiger charge is -2.19. The molecule has 1 aromatic rings. The monoisotopic (exact) mass is 195 g/mol. The second-order valence-electron chi connectivity index (χ2n) is 3.41. The first-order valence-electron chi connectivity index (χ1n) is 4.76. The molecule has 3 nitrogen and oxygen atoms in total. The average Bonchev–Trinajstić information content (AvgIpc) is 2.19. The lowest BCUT2D eigenvalue weighted by atomic mass is 10.1. The number of benzene rings is 1. The summed E-state index contributed by atoms with van der Waals surface area (Å²) >= 11 is 0. The summed E-state index contributed by atoms with van der Waals surface area (Å²) in [4.78, 5) is 1.90. The molecule has 0 saturated carbocycles. The van der Waals surface area contributed by atoms with Gasteiger partial charge in [0.1, 0.15) is 0 Å². The molecule has 0 saturated heterocycles. The topological polar surface area (TPSA) is 43.7 Å². The zero-order valence-corrected chi connectivity index (χ0v) is 8.43. The van der Waals surface area contributed by atoms with Gasteiger partial charge >= 0.3 is 0 Å². The van der Waals surface area contributed by atoms with E-state index in [0.717, 1.165) is 5.56 Å². The molecule has 0 radical (unpaired) electrons. The van der Waals surface area contributed by atoms with E-state index in [9.17, 15) is 5.11 Å². The molecule has 2 N–H and O–H groups in total. The van der Waals surface area contributed by atoms with Gasteiger partial charge in [0.05, 0.1) is 12.7 Å². The van der Waals surface area contributed by atoms with Gasteiger partial charge in [0.15, 0.2) is 0 Å². The normalized spacial score (nSPS) is 13.1. The van der Waals surface area contributed by atoms with Crippen LogP contribution in [-0.4, -0.2) is 41.9 Å². The van der Waals surface area contributed by atoms with Gasteiger partial charge < -0.3 is 15.1 Å². The maximum absolute atomic E-state index is 9.79. The SMILES string of the molecule is CN(CCO)CC(O)c1ccccc1. The zero-order valence-electron chi connectivity index (χ0n) is 8.43. The van der Waals surface area contributed by atoms with E-state index < -0.39 is 6.10 Å². The number of nitrogens with zero attached hydrogens (tertiary/aromatic N) is 1. The van der Waals surface area contributed by atoms with Gasteiger partial charge in [-0.05, 0) is 12.6 Å². The quantitative estimate of drug-likeness (QED) is 0.725. The van der Waals surface area contributed by atoms with Gasteiger partial charge in [-0.1, -0.05) is 30.3 Å². The van der Waals surface area contributed by atoms with Crippen LogP contribution in [-0.2, 0) is 0 Å². The molecule has 78 valence electrons. The number of likely N-dealkylation sites (N-methyl/N-ethyl adjacent to an activating group) is 1. The Morgan fingerprint density at radius 2 is 1.93 bits per heavy atom. The van der Waals surface area contributed by atoms with Crippen molar-refractivity contribution in [2.45, 2.75) is 6.10 Å². The van der Waals surface area contributed by atoms with E-state index in [0.29, 0.717) is 13.1 Å². The van der Waals surface area contributed by atoms with Crippen LogP contribution >= 0.6 is 0 Å². The molecule has 0 aliphatic heterocycles. The van der Waals surface area contributed by atoms with E-state index in [-0.39, 0.29) is 6.61 Å². The molecule has 0 spiro atoms. The fourth-order valence-electron chi connectivity index (χ4n) is 1.34. The highest BCUT2D eigenvalue weighted by molar-refractivity contribution is 5.17. The van der Waals surface area contributed by atoms with Crippen molar-refractivity contribution in [3.63, 3.8) is 0 Å². The largest absolute Gasteiger partial charge is 0.395 e. The molecular formula is C11H17NO2. The Morgan fingerprint density at radius 1 is 1.29 bits per heavy atom. The highest BCUT2D eigenvalue weighted by atomic mass is 16.3. The number of aliphatic hydroxyl groups excluding tert-OH is 2. The smallest absolute Gasteiger partial charge is 0.0916 e. The van der Waals surface area contributed by atoms with Gasteiger partial charge in [0.2, 0.25) is 0 Å². The Balaban J connectivity index is 2.46. The van der Waals surface area contributed by atoms with Crippen LogP contribution in [0.15, 0.2) is 30.3 Å². The molecule has 1 unspecified atom stereocenters. The third-order valence-corrected chi connectivity index (χ3v) is 2.15. The van der Waals surface area contributed by atoms with Crippen LogP contribution in [0.4, 0.5) is 0 Å². The number of rotatable bonds is 5. The van der Waals surface area contributed by atoms with Crippen molar-refractivity contribution in [1.29, 1.82) is 0 Å². The second-order valence-corrected chi connectivity index (χ2v) is 3.41. The molecule has 0 fully saturated rings. The van der Waals surface area contributed by atoms with Crippen molar-refractivity contribution < 1.29 is 10.2 Å². The van der Waals surface area contributed by atoms with Gasteiger partial charge in [-0.2, -0.15) is 0 Å². The molecule has 3 heteroatoms. The molecule has 0 heterocycles. The minimum atomic E-state index is -0.479. The predicted molar refractivity (Wildman–Crippen MR) is 56.0 cm³/mol. The Morgan fingerprint density at radius 3 is 2.50 bits per heavy atom. The van der Waals surface area contributed by atoms with Crippen molar-refractivity contribution in [3.8, 4) is 0 Å². The maximum Gasteiger partial charge on any atom is 0.0916 e. The molecular weight excluding hydrogens is 178 g/mol. The molecule has 1 rings (SSSR count). The highest BCUT2D eigenvalue weighted by Crippen LogP contribution is 2.12. The molecule has 0 aliphatic rings. The van der Waals surface area contributed by atoms with Crippen molar-refractivity contribution >= 4 is 0 Å². The number of aliphatic hydroxyl groups is 2. The Kier molecular flexibility index (Phi) is 4.59. The Labute approximate surface area is 84.6 Å². The van der Waals surface area contributed by atoms with E-state index in [2.05, 4.69) is 0 Å². The summed E-state index contributed by atoms with van der Waals surface area (Å²) < 4.78 is 0. The molecule has 14 heavy (non-hydrogen) atoms. The van der Waals surface area contributed by atoms with E-state index in [4.69, 9.17) is 5.11 Å². The van der Waals surface area contributed by atoms with Crippen LogP contribution in [0.5, 0.6) is 0 Å². The maximum atomic E-state index is 9.79. The van der Waals surface area contributed by atoms with Crippen LogP contribution in [0.3, 0.4) is 0 Å². The minimum Gasteiger partial charge on any atom is -0.395 e. The first-order valence-corrected chi connectivity index (χ1v) is 4.76. The third kappa shape index (κ3) is 3.46. The van der Waals surface area contributed by atoms with Gasteiger partial charge in [-0.15, -0.1) is 0 Å². The predicted octanol–water partition coefficient (Wildman–Crippen LogP) is 0.644. The lowest BCUT2D eigenvalue weighted by molar-refractivity contribution is 0.115. The summed E-state index contributed by atoms with van der Waals surface area (Å²) in [5.41, 5.74) is 0.914. The summed E-state index contributed by atoms with van der Waals surface area (Å²) in [5.74, 6) is 0. The van der Waals surface area contributed by atoms with Gasteiger partial charge in [0.25, 0.3) is 0 Å². The van der Waals surface area contributed by atoms with E-state index in [1.807, 2.05) is 42.3 Å².